The molecule has 1 heterocycles. The predicted octanol–water partition coefficient (Wildman–Crippen LogP) is 2.96. The summed E-state index contributed by atoms with van der Waals surface area (Å²) in [5.41, 5.74) is 7.02. The average Bonchev–Trinajstić information content (AvgIpc) is 3.32. The van der Waals surface area contributed by atoms with Crippen molar-refractivity contribution in [2.24, 2.45) is 11.7 Å². The highest BCUT2D eigenvalue weighted by molar-refractivity contribution is 5.82. The first-order valence-corrected chi connectivity index (χ1v) is 13.1. The molecule has 1 aliphatic rings. The van der Waals surface area contributed by atoms with Gasteiger partial charge in [-0.3, -0.25) is 9.59 Å². The molecule has 1 aromatic carbocycles. The highest BCUT2D eigenvalue weighted by Crippen LogP contribution is 2.17. The van der Waals surface area contributed by atoms with E-state index in [-0.39, 0.29) is 36.4 Å². The third-order valence-electron chi connectivity index (χ3n) is 6.26. The van der Waals surface area contributed by atoms with Crippen molar-refractivity contribution in [2.75, 3.05) is 13.1 Å². The van der Waals surface area contributed by atoms with Crippen LogP contribution in [0.3, 0.4) is 0 Å². The Kier molecular flexibility index (Phi) is 12.1. The highest BCUT2D eigenvalue weighted by Gasteiger charge is 2.30. The summed E-state index contributed by atoms with van der Waals surface area (Å²) in [6.45, 7) is 12.9. The number of alkyl carbamates (subject to hydrolysis) is 1. The number of nitrogens with one attached hydrogen (secondary N) is 3. The average molecular weight is 517 g/mol. The molecule has 9 nitrogen and oxygen atoms in total. The normalized spacial score (nSPS) is 19.0. The molecule has 5 N–H and O–H groups in total. The molecule has 4 atom stereocenters. The first-order chi connectivity index (χ1) is 17.5. The second-order valence-electron chi connectivity index (χ2n) is 10.7. The molecule has 3 amide bonds. The topological polar surface area (TPSA) is 132 Å². The van der Waals surface area contributed by atoms with Crippen molar-refractivity contribution in [3.8, 4) is 0 Å². The van der Waals surface area contributed by atoms with Gasteiger partial charge in [-0.2, -0.15) is 0 Å². The lowest BCUT2D eigenvalue weighted by Crippen LogP contribution is -2.49. The monoisotopic (exact) mass is 516 g/mol. The van der Waals surface area contributed by atoms with Gasteiger partial charge in [-0.05, 0) is 70.4 Å². The minimum Gasteiger partial charge on any atom is -0.444 e. The first kappa shape index (κ1) is 30.3. The van der Waals surface area contributed by atoms with E-state index in [0.717, 1.165) is 30.5 Å². The molecular weight excluding hydrogens is 472 g/mol. The zero-order chi connectivity index (χ0) is 27.4. The van der Waals surface area contributed by atoms with Crippen LogP contribution < -0.4 is 21.7 Å². The number of primary amides is 1. The van der Waals surface area contributed by atoms with Gasteiger partial charge in [0.15, 0.2) is 0 Å². The van der Waals surface area contributed by atoms with Crippen LogP contribution in [0.4, 0.5) is 4.79 Å². The lowest BCUT2D eigenvalue weighted by atomic mass is 10.0. The zero-order valence-corrected chi connectivity index (χ0v) is 22.7. The van der Waals surface area contributed by atoms with Crippen LogP contribution >= 0.6 is 0 Å². The van der Waals surface area contributed by atoms with Crippen LogP contribution in [0.2, 0.25) is 0 Å². The number of amides is 3. The summed E-state index contributed by atoms with van der Waals surface area (Å²) in [4.78, 5) is 35.9. The van der Waals surface area contributed by atoms with Crippen LogP contribution in [0.25, 0.3) is 0 Å². The number of nitrogens with two attached hydrogens (primary N) is 1. The van der Waals surface area contributed by atoms with E-state index in [9.17, 15) is 14.4 Å². The maximum atomic E-state index is 12.8. The lowest BCUT2D eigenvalue weighted by Gasteiger charge is -2.26. The maximum absolute atomic E-state index is 12.8. The van der Waals surface area contributed by atoms with Crippen LogP contribution in [-0.2, 0) is 32.1 Å². The number of carbonyl (C=O) groups is 3. The molecule has 0 saturated carbocycles. The number of hydrogen-bond donors (Lipinski definition) is 4. The van der Waals surface area contributed by atoms with E-state index in [2.05, 4.69) is 22.5 Å². The fraction of sp³-hybridized carbons (Fsp3) is 0.607. The molecule has 0 spiro atoms. The molecule has 1 aliphatic heterocycles. The largest absolute Gasteiger partial charge is 0.444 e. The van der Waals surface area contributed by atoms with Crippen LogP contribution in [0.5, 0.6) is 0 Å². The summed E-state index contributed by atoms with van der Waals surface area (Å²) < 4.78 is 11.3. The molecule has 0 aromatic heterocycles. The van der Waals surface area contributed by atoms with Crippen molar-refractivity contribution in [2.45, 2.75) is 90.2 Å². The quantitative estimate of drug-likeness (QED) is 0.222. The Hall–Kier alpha value is -2.91. The number of rotatable bonds is 14. The lowest BCUT2D eigenvalue weighted by molar-refractivity contribution is -0.125. The van der Waals surface area contributed by atoms with E-state index in [4.69, 9.17) is 15.2 Å². The molecule has 1 saturated heterocycles. The van der Waals surface area contributed by atoms with E-state index in [1.54, 1.807) is 0 Å². The Morgan fingerprint density at radius 2 is 1.89 bits per heavy atom. The molecule has 0 radical (unpaired) electrons. The fourth-order valence-corrected chi connectivity index (χ4v) is 4.09. The number of ether oxygens (including phenoxy) is 2. The second-order valence-corrected chi connectivity index (χ2v) is 10.7. The molecule has 9 heteroatoms. The van der Waals surface area contributed by atoms with Gasteiger partial charge in [-0.15, -0.1) is 6.58 Å². The van der Waals surface area contributed by atoms with Crippen molar-refractivity contribution in [3.05, 3.63) is 48.0 Å². The predicted molar refractivity (Wildman–Crippen MR) is 144 cm³/mol. The second kappa shape index (κ2) is 14.7. The van der Waals surface area contributed by atoms with Crippen LogP contribution in [0.15, 0.2) is 36.9 Å². The number of aryl methyl sites for hydroxylation is 1. The van der Waals surface area contributed by atoms with Gasteiger partial charge in [0.1, 0.15) is 5.60 Å². The third kappa shape index (κ3) is 11.8. The standard InChI is InChI=1S/C28H44N4O5/c1-6-20-16-24(31-17-20)26(34)32-23(13-14-25(29)33)19(2)36-18-22-11-9-21(10-12-22)8-7-15-30-27(35)37-28(3,4)5/h6,9-12,19-20,23-24,31H,1,7-8,13-18H2,2-5H3,(H2,29,33)(H,30,35)(H,32,34)/t19-,20+,23+,24?/m1/s1. The highest BCUT2D eigenvalue weighted by atomic mass is 16.6. The van der Waals surface area contributed by atoms with E-state index >= 15 is 0 Å². The molecule has 1 fully saturated rings. The fourth-order valence-electron chi connectivity index (χ4n) is 4.09. The van der Waals surface area contributed by atoms with Gasteiger partial charge in [-0.25, -0.2) is 4.79 Å². The van der Waals surface area contributed by atoms with Gasteiger partial charge < -0.3 is 31.2 Å². The minimum atomic E-state index is -0.505. The Labute approximate surface area is 220 Å². The van der Waals surface area contributed by atoms with Gasteiger partial charge in [0, 0.05) is 19.5 Å². The molecule has 37 heavy (non-hydrogen) atoms. The minimum absolute atomic E-state index is 0.0974. The number of hydrogen-bond acceptors (Lipinski definition) is 6. The van der Waals surface area contributed by atoms with Crippen molar-refractivity contribution in [1.82, 2.24) is 16.0 Å². The smallest absolute Gasteiger partial charge is 0.407 e. The summed E-state index contributed by atoms with van der Waals surface area (Å²) >= 11 is 0. The summed E-state index contributed by atoms with van der Waals surface area (Å²) in [5.74, 6) is -0.230. The molecule has 1 unspecified atom stereocenters. The molecule has 2 rings (SSSR count). The molecule has 0 bridgehead atoms. The van der Waals surface area contributed by atoms with Gasteiger partial charge in [-0.1, -0.05) is 30.3 Å². The van der Waals surface area contributed by atoms with Gasteiger partial charge in [0.25, 0.3) is 0 Å². The van der Waals surface area contributed by atoms with Gasteiger partial charge >= 0.3 is 6.09 Å². The SMILES string of the molecule is C=C[C@@H]1CNC(C(=O)N[C@@H](CCC(N)=O)[C@@H](C)OCc2ccc(CCCNC(=O)OC(C)(C)C)cc2)C1. The summed E-state index contributed by atoms with van der Waals surface area (Å²) in [6, 6.07) is 7.51. The molecule has 1 aromatic rings. The van der Waals surface area contributed by atoms with Crippen molar-refractivity contribution in [1.29, 1.82) is 0 Å². The van der Waals surface area contributed by atoms with Crippen LogP contribution in [0, 0.1) is 5.92 Å². The van der Waals surface area contributed by atoms with Crippen LogP contribution in [0.1, 0.15) is 64.5 Å². The zero-order valence-electron chi connectivity index (χ0n) is 22.7. The van der Waals surface area contributed by atoms with Gasteiger partial charge in [0.2, 0.25) is 11.8 Å². The number of carbonyl (C=O) groups excluding carboxylic acids is 3. The summed E-state index contributed by atoms with van der Waals surface area (Å²) in [7, 11) is 0. The molecule has 0 aliphatic carbocycles. The van der Waals surface area contributed by atoms with Crippen molar-refractivity contribution >= 4 is 17.9 Å². The first-order valence-electron chi connectivity index (χ1n) is 13.1. The van der Waals surface area contributed by atoms with E-state index in [1.165, 1.54) is 0 Å². The van der Waals surface area contributed by atoms with Crippen molar-refractivity contribution < 1.29 is 23.9 Å². The van der Waals surface area contributed by atoms with E-state index < -0.39 is 17.6 Å². The Morgan fingerprint density at radius 3 is 2.49 bits per heavy atom. The maximum Gasteiger partial charge on any atom is 0.407 e. The molecule has 206 valence electrons. The van der Waals surface area contributed by atoms with E-state index in [0.29, 0.717) is 26.0 Å². The Bertz CT molecular complexity index is 897. The van der Waals surface area contributed by atoms with E-state index in [1.807, 2.05) is 58.0 Å². The third-order valence-corrected chi connectivity index (χ3v) is 6.26. The Balaban J connectivity index is 1.80. The summed E-state index contributed by atoms with van der Waals surface area (Å²) in [5, 5.41) is 9.03. The van der Waals surface area contributed by atoms with Crippen LogP contribution in [-0.4, -0.2) is 54.8 Å². The van der Waals surface area contributed by atoms with Crippen molar-refractivity contribution in [3.63, 3.8) is 0 Å². The number of benzene rings is 1. The Morgan fingerprint density at radius 1 is 1.22 bits per heavy atom. The van der Waals surface area contributed by atoms with Gasteiger partial charge in [0.05, 0.1) is 24.8 Å². The summed E-state index contributed by atoms with van der Waals surface area (Å²) in [6.07, 6.45) is 4.07. The molecular formula is C28H44N4O5.